The average molecular weight is 803 g/mol. The van der Waals surface area contributed by atoms with Crippen LogP contribution in [0, 0.1) is 0 Å². The third kappa shape index (κ3) is 26.7. The summed E-state index contributed by atoms with van der Waals surface area (Å²) in [6.45, 7) is 21.7. The van der Waals surface area contributed by atoms with Gasteiger partial charge in [0.05, 0.1) is 13.1 Å². The molecular weight excluding hydrogens is 728 g/mol. The first-order valence-electron chi connectivity index (χ1n) is 19.1. The van der Waals surface area contributed by atoms with E-state index >= 15 is 0 Å². The van der Waals surface area contributed by atoms with Crippen LogP contribution in [0.5, 0.6) is 0 Å². The highest BCUT2D eigenvalue weighted by Crippen LogP contribution is 2.15. The Bertz CT molecular complexity index is 1170. The standard InChI is InChI=1S/C38H74N8O10/c1-35(2,3)53-31(49)43(19-17-39-29(47)27-41(13)14)21-23-45(33(51)55-37(7,8)9)25-26-46(34(52)56-38(10,11)12)24-22-44(32(50)54-36(4,5)6)20-18-40-30(48)28-42(15)16/h17-28H2,1-16H3,(H,39,47)(H,40,48). The normalized spacial score (nSPS) is 12.1. The molecule has 0 saturated carbocycles. The maximum Gasteiger partial charge on any atom is 0.410 e. The molecule has 0 saturated heterocycles. The Morgan fingerprint density at radius 3 is 0.750 bits per heavy atom. The molecule has 18 heteroatoms. The molecule has 0 aliphatic carbocycles. The molecule has 0 bridgehead atoms. The van der Waals surface area contributed by atoms with Crippen molar-refractivity contribution in [2.75, 3.05) is 107 Å². The maximum atomic E-state index is 13.6. The number of hydrogen-bond acceptors (Lipinski definition) is 12. The molecule has 0 aromatic rings. The van der Waals surface area contributed by atoms with Crippen LogP contribution in [-0.4, -0.2) is 195 Å². The van der Waals surface area contributed by atoms with E-state index in [9.17, 15) is 28.8 Å². The summed E-state index contributed by atoms with van der Waals surface area (Å²) in [6.07, 6.45) is -2.60. The Balaban J connectivity index is 6.35. The highest BCUT2D eigenvalue weighted by atomic mass is 16.6. The van der Waals surface area contributed by atoms with E-state index in [1.807, 2.05) is 0 Å². The van der Waals surface area contributed by atoms with Crippen LogP contribution < -0.4 is 10.6 Å². The molecule has 0 atom stereocenters. The molecule has 0 spiro atoms. The molecule has 0 aromatic heterocycles. The zero-order chi connectivity index (χ0) is 43.7. The average Bonchev–Trinajstić information content (AvgIpc) is 2.95. The van der Waals surface area contributed by atoms with E-state index in [4.69, 9.17) is 18.9 Å². The number of carbonyl (C=O) groups is 6. The van der Waals surface area contributed by atoms with Gasteiger partial charge in [-0.25, -0.2) is 19.2 Å². The van der Waals surface area contributed by atoms with Crippen molar-refractivity contribution in [1.29, 1.82) is 0 Å². The number of amides is 6. The molecule has 0 aliphatic rings. The Hall–Kier alpha value is -4.06. The molecule has 18 nitrogen and oxygen atoms in total. The minimum atomic E-state index is -0.850. The quantitative estimate of drug-likeness (QED) is 0.182. The first kappa shape index (κ1) is 51.9. The fraction of sp³-hybridized carbons (Fsp3) is 0.842. The second-order valence-corrected chi connectivity index (χ2v) is 18.0. The fourth-order valence-electron chi connectivity index (χ4n) is 4.55. The molecule has 0 rings (SSSR count). The minimum absolute atomic E-state index is 0.00135. The Morgan fingerprint density at radius 1 is 0.375 bits per heavy atom. The zero-order valence-corrected chi connectivity index (χ0v) is 37.3. The van der Waals surface area contributed by atoms with E-state index in [1.165, 1.54) is 19.6 Å². The molecule has 0 heterocycles. The van der Waals surface area contributed by atoms with Crippen LogP contribution in [0.4, 0.5) is 19.2 Å². The first-order valence-corrected chi connectivity index (χ1v) is 19.1. The van der Waals surface area contributed by atoms with Gasteiger partial charge in [-0.1, -0.05) is 0 Å². The summed E-state index contributed by atoms with van der Waals surface area (Å²) in [6, 6.07) is 0. The molecule has 2 N–H and O–H groups in total. The van der Waals surface area contributed by atoms with Crippen molar-refractivity contribution >= 4 is 36.2 Å². The van der Waals surface area contributed by atoms with Crippen molar-refractivity contribution in [2.45, 2.75) is 105 Å². The predicted molar refractivity (Wildman–Crippen MR) is 214 cm³/mol. The summed E-state index contributed by atoms with van der Waals surface area (Å²) in [4.78, 5) is 87.3. The number of nitrogens with zero attached hydrogens (tertiary/aromatic N) is 6. The molecule has 0 fully saturated rings. The van der Waals surface area contributed by atoms with Gasteiger partial charge in [0.15, 0.2) is 0 Å². The Kier molecular flexibility index (Phi) is 21.6. The van der Waals surface area contributed by atoms with Gasteiger partial charge >= 0.3 is 24.4 Å². The molecule has 0 aliphatic heterocycles. The van der Waals surface area contributed by atoms with Crippen molar-refractivity contribution in [3.05, 3.63) is 0 Å². The summed E-state index contributed by atoms with van der Waals surface area (Å²) in [5, 5.41) is 5.58. The van der Waals surface area contributed by atoms with Gasteiger partial charge in [-0.2, -0.15) is 0 Å². The van der Waals surface area contributed by atoms with Gasteiger partial charge in [-0.05, 0) is 111 Å². The van der Waals surface area contributed by atoms with Crippen LogP contribution in [0.15, 0.2) is 0 Å². The molecule has 0 aromatic carbocycles. The second-order valence-electron chi connectivity index (χ2n) is 18.0. The molecular formula is C38H74N8O10. The highest BCUT2D eigenvalue weighted by molar-refractivity contribution is 5.78. The zero-order valence-electron chi connectivity index (χ0n) is 37.3. The molecule has 6 amide bonds. The lowest BCUT2D eigenvalue weighted by Crippen LogP contribution is -2.50. The first-order chi connectivity index (χ1) is 25.4. The third-order valence-corrected chi connectivity index (χ3v) is 6.85. The van der Waals surface area contributed by atoms with Crippen molar-refractivity contribution in [2.24, 2.45) is 0 Å². The van der Waals surface area contributed by atoms with Gasteiger partial charge in [0.2, 0.25) is 11.8 Å². The summed E-state index contributed by atoms with van der Waals surface area (Å²) >= 11 is 0. The van der Waals surface area contributed by atoms with Crippen LogP contribution in [0.2, 0.25) is 0 Å². The summed E-state index contributed by atoms with van der Waals surface area (Å²) < 4.78 is 22.7. The highest BCUT2D eigenvalue weighted by Gasteiger charge is 2.30. The van der Waals surface area contributed by atoms with Gasteiger partial charge in [0.25, 0.3) is 0 Å². The summed E-state index contributed by atoms with van der Waals surface area (Å²) in [7, 11) is 7.09. The van der Waals surface area contributed by atoms with E-state index in [2.05, 4.69) is 10.6 Å². The monoisotopic (exact) mass is 803 g/mol. The van der Waals surface area contributed by atoms with Crippen molar-refractivity contribution < 1.29 is 47.7 Å². The van der Waals surface area contributed by atoms with Crippen LogP contribution in [0.25, 0.3) is 0 Å². The lowest BCUT2D eigenvalue weighted by Gasteiger charge is -2.34. The summed E-state index contributed by atoms with van der Waals surface area (Å²) in [5.74, 6) is -0.424. The van der Waals surface area contributed by atoms with Gasteiger partial charge in [-0.15, -0.1) is 0 Å². The SMILES string of the molecule is CN(C)CC(=O)NCCN(CCN(CCN(CCN(CCNC(=O)CN(C)C)C(=O)OC(C)(C)C)C(=O)OC(C)(C)C)C(=O)OC(C)(C)C)C(=O)OC(C)(C)C. The number of likely N-dealkylation sites (N-methyl/N-ethyl adjacent to an activating group) is 2. The smallest absolute Gasteiger partial charge is 0.410 e. The van der Waals surface area contributed by atoms with E-state index in [-0.39, 0.29) is 90.4 Å². The minimum Gasteiger partial charge on any atom is -0.444 e. The third-order valence-electron chi connectivity index (χ3n) is 6.85. The predicted octanol–water partition coefficient (Wildman–Crippen LogP) is 3.29. The van der Waals surface area contributed by atoms with E-state index in [0.717, 1.165) is 0 Å². The number of nitrogens with one attached hydrogen (secondary N) is 2. The van der Waals surface area contributed by atoms with E-state index in [1.54, 1.807) is 121 Å². The summed E-state index contributed by atoms with van der Waals surface area (Å²) in [5.41, 5.74) is -3.30. The fourth-order valence-corrected chi connectivity index (χ4v) is 4.55. The van der Waals surface area contributed by atoms with Crippen LogP contribution in [-0.2, 0) is 28.5 Å². The molecule has 56 heavy (non-hydrogen) atoms. The van der Waals surface area contributed by atoms with Crippen LogP contribution in [0.3, 0.4) is 0 Å². The second kappa shape index (κ2) is 23.2. The van der Waals surface area contributed by atoms with Gasteiger partial charge in [-0.3, -0.25) is 9.59 Å². The van der Waals surface area contributed by atoms with Crippen molar-refractivity contribution in [3.8, 4) is 0 Å². The van der Waals surface area contributed by atoms with E-state index in [0.29, 0.717) is 0 Å². The lowest BCUT2D eigenvalue weighted by atomic mass is 10.2. The van der Waals surface area contributed by atoms with Crippen LogP contribution >= 0.6 is 0 Å². The molecule has 326 valence electrons. The number of hydrogen-bond donors (Lipinski definition) is 2. The van der Waals surface area contributed by atoms with Gasteiger partial charge in [0.1, 0.15) is 22.4 Å². The Morgan fingerprint density at radius 2 is 0.571 bits per heavy atom. The van der Waals surface area contributed by atoms with E-state index < -0.39 is 46.8 Å². The van der Waals surface area contributed by atoms with Crippen molar-refractivity contribution in [1.82, 2.24) is 40.0 Å². The lowest BCUT2D eigenvalue weighted by molar-refractivity contribution is -0.122. The van der Waals surface area contributed by atoms with Crippen LogP contribution in [0.1, 0.15) is 83.1 Å². The van der Waals surface area contributed by atoms with Gasteiger partial charge < -0.3 is 59.0 Å². The molecule has 0 unspecified atom stereocenters. The Labute approximate surface area is 335 Å². The maximum absolute atomic E-state index is 13.6. The number of carbonyl (C=O) groups excluding carboxylic acids is 6. The molecule has 0 radical (unpaired) electrons. The van der Waals surface area contributed by atoms with Crippen molar-refractivity contribution in [3.63, 3.8) is 0 Å². The van der Waals surface area contributed by atoms with Gasteiger partial charge in [0, 0.05) is 65.4 Å². The number of ether oxygens (including phenoxy) is 4. The topological polar surface area (TPSA) is 183 Å². The number of rotatable bonds is 19. The largest absolute Gasteiger partial charge is 0.444 e.